The second kappa shape index (κ2) is 7.31. The Morgan fingerprint density at radius 1 is 0.864 bits per heavy atom. The molecule has 0 N–H and O–H groups in total. The summed E-state index contributed by atoms with van der Waals surface area (Å²) in [5.41, 5.74) is 1.73. The predicted octanol–water partition coefficient (Wildman–Crippen LogP) is 2.50. The van der Waals surface area contributed by atoms with Gasteiger partial charge in [-0.25, -0.2) is 9.59 Å². The van der Waals surface area contributed by atoms with Gasteiger partial charge in [0.25, 0.3) is 0 Å². The first-order chi connectivity index (χ1) is 10.7. The first kappa shape index (κ1) is 15.6. The van der Waals surface area contributed by atoms with Crippen molar-refractivity contribution in [3.8, 4) is 11.4 Å². The minimum Gasteiger partial charge on any atom is -0.462 e. The minimum atomic E-state index is -0.423. The maximum Gasteiger partial charge on any atom is 0.338 e. The standard InChI is InChI=1S/C16H16N2O4/c1-3-21-15(19)11-5-7-17-13(9-11)14-10-12(6-8-18-14)16(20)22-4-2/h5-10H,3-4H2,1-2H3. The molecule has 0 aliphatic rings. The maximum absolute atomic E-state index is 11.7. The van der Waals surface area contributed by atoms with Gasteiger partial charge in [0.15, 0.2) is 0 Å². The topological polar surface area (TPSA) is 78.4 Å². The van der Waals surface area contributed by atoms with Crippen molar-refractivity contribution in [2.24, 2.45) is 0 Å². The fraction of sp³-hybridized carbons (Fsp3) is 0.250. The van der Waals surface area contributed by atoms with Crippen molar-refractivity contribution >= 4 is 11.9 Å². The molecule has 0 bridgehead atoms. The Balaban J connectivity index is 2.32. The second-order valence-electron chi connectivity index (χ2n) is 4.30. The van der Waals surface area contributed by atoms with E-state index < -0.39 is 11.9 Å². The van der Waals surface area contributed by atoms with Crippen LogP contribution in [0.1, 0.15) is 34.6 Å². The number of carbonyl (C=O) groups is 2. The minimum absolute atomic E-state index is 0.299. The van der Waals surface area contributed by atoms with Crippen LogP contribution >= 0.6 is 0 Å². The first-order valence-electron chi connectivity index (χ1n) is 6.92. The Morgan fingerprint density at radius 2 is 1.27 bits per heavy atom. The lowest BCUT2D eigenvalue weighted by molar-refractivity contribution is 0.0516. The van der Waals surface area contributed by atoms with E-state index in [9.17, 15) is 9.59 Å². The van der Waals surface area contributed by atoms with Crippen LogP contribution in [0.25, 0.3) is 11.4 Å². The zero-order valence-electron chi connectivity index (χ0n) is 12.4. The summed E-state index contributed by atoms with van der Waals surface area (Å²) in [6.07, 6.45) is 3.00. The summed E-state index contributed by atoms with van der Waals surface area (Å²) < 4.78 is 9.90. The van der Waals surface area contributed by atoms with Crippen molar-refractivity contribution in [3.05, 3.63) is 47.8 Å². The highest BCUT2D eigenvalue weighted by Gasteiger charge is 2.12. The third kappa shape index (κ3) is 3.66. The van der Waals surface area contributed by atoms with Crippen LogP contribution in [-0.2, 0) is 9.47 Å². The van der Waals surface area contributed by atoms with Crippen LogP contribution in [-0.4, -0.2) is 35.1 Å². The molecule has 0 aromatic carbocycles. The fourth-order valence-electron chi connectivity index (χ4n) is 1.82. The molecular formula is C16H16N2O4. The highest BCUT2D eigenvalue weighted by Crippen LogP contribution is 2.17. The maximum atomic E-state index is 11.7. The highest BCUT2D eigenvalue weighted by molar-refractivity contribution is 5.92. The number of esters is 2. The average Bonchev–Trinajstić information content (AvgIpc) is 2.55. The van der Waals surface area contributed by atoms with E-state index in [1.165, 1.54) is 12.4 Å². The molecule has 0 amide bonds. The van der Waals surface area contributed by atoms with E-state index in [-0.39, 0.29) is 0 Å². The Hall–Kier alpha value is -2.76. The van der Waals surface area contributed by atoms with E-state index in [1.54, 1.807) is 38.1 Å². The molecule has 0 spiro atoms. The molecule has 2 rings (SSSR count). The van der Waals surface area contributed by atoms with Gasteiger partial charge >= 0.3 is 11.9 Å². The molecule has 0 saturated carbocycles. The van der Waals surface area contributed by atoms with Crippen LogP contribution in [0.4, 0.5) is 0 Å². The van der Waals surface area contributed by atoms with Crippen molar-refractivity contribution in [2.75, 3.05) is 13.2 Å². The summed E-state index contributed by atoms with van der Waals surface area (Å²) in [5.74, 6) is -0.847. The van der Waals surface area contributed by atoms with Crippen LogP contribution in [0.15, 0.2) is 36.7 Å². The molecule has 114 valence electrons. The molecule has 0 radical (unpaired) electrons. The van der Waals surface area contributed by atoms with Crippen molar-refractivity contribution in [2.45, 2.75) is 13.8 Å². The smallest absolute Gasteiger partial charge is 0.338 e. The molecule has 6 heteroatoms. The largest absolute Gasteiger partial charge is 0.462 e. The summed E-state index contributed by atoms with van der Waals surface area (Å²) in [7, 11) is 0. The number of aromatic nitrogens is 2. The fourth-order valence-corrected chi connectivity index (χ4v) is 1.82. The summed E-state index contributed by atoms with van der Waals surface area (Å²) in [6.45, 7) is 4.08. The van der Waals surface area contributed by atoms with Gasteiger partial charge in [-0.1, -0.05) is 0 Å². The third-order valence-corrected chi connectivity index (χ3v) is 2.80. The van der Waals surface area contributed by atoms with E-state index in [0.717, 1.165) is 0 Å². The van der Waals surface area contributed by atoms with Gasteiger partial charge in [0, 0.05) is 12.4 Å². The Bertz CT molecular complexity index is 626. The molecule has 0 aliphatic carbocycles. The molecule has 0 fully saturated rings. The number of hydrogen-bond donors (Lipinski definition) is 0. The number of hydrogen-bond acceptors (Lipinski definition) is 6. The van der Waals surface area contributed by atoms with Crippen LogP contribution in [0, 0.1) is 0 Å². The molecule has 2 heterocycles. The first-order valence-corrected chi connectivity index (χ1v) is 6.92. The van der Waals surface area contributed by atoms with E-state index in [0.29, 0.717) is 35.7 Å². The molecular weight excluding hydrogens is 284 g/mol. The van der Waals surface area contributed by atoms with Gasteiger partial charge in [-0.05, 0) is 38.1 Å². The van der Waals surface area contributed by atoms with E-state index in [1.807, 2.05) is 0 Å². The lowest BCUT2D eigenvalue weighted by Crippen LogP contribution is -2.06. The molecule has 2 aromatic heterocycles. The van der Waals surface area contributed by atoms with Crippen molar-refractivity contribution in [1.82, 2.24) is 9.97 Å². The van der Waals surface area contributed by atoms with Crippen molar-refractivity contribution in [1.29, 1.82) is 0 Å². The van der Waals surface area contributed by atoms with Crippen LogP contribution in [0.5, 0.6) is 0 Å². The zero-order valence-corrected chi connectivity index (χ0v) is 12.4. The monoisotopic (exact) mass is 300 g/mol. The normalized spacial score (nSPS) is 10.1. The van der Waals surface area contributed by atoms with E-state index in [4.69, 9.17) is 9.47 Å². The van der Waals surface area contributed by atoms with Gasteiger partial charge in [-0.2, -0.15) is 0 Å². The number of nitrogens with zero attached hydrogens (tertiary/aromatic N) is 2. The van der Waals surface area contributed by atoms with Gasteiger partial charge in [-0.15, -0.1) is 0 Å². The summed E-state index contributed by atoms with van der Waals surface area (Å²) >= 11 is 0. The van der Waals surface area contributed by atoms with Crippen LogP contribution < -0.4 is 0 Å². The average molecular weight is 300 g/mol. The highest BCUT2D eigenvalue weighted by atomic mass is 16.5. The van der Waals surface area contributed by atoms with Crippen LogP contribution in [0.3, 0.4) is 0 Å². The molecule has 0 saturated heterocycles. The lowest BCUT2D eigenvalue weighted by atomic mass is 10.1. The van der Waals surface area contributed by atoms with Crippen molar-refractivity contribution in [3.63, 3.8) is 0 Å². The predicted molar refractivity (Wildman–Crippen MR) is 79.4 cm³/mol. The molecule has 22 heavy (non-hydrogen) atoms. The Morgan fingerprint density at radius 3 is 1.64 bits per heavy atom. The SMILES string of the molecule is CCOC(=O)c1ccnc(-c2cc(C(=O)OCC)ccn2)c1. The Labute approximate surface area is 128 Å². The van der Waals surface area contributed by atoms with E-state index in [2.05, 4.69) is 9.97 Å². The van der Waals surface area contributed by atoms with Crippen molar-refractivity contribution < 1.29 is 19.1 Å². The van der Waals surface area contributed by atoms with Gasteiger partial charge in [0.2, 0.25) is 0 Å². The van der Waals surface area contributed by atoms with E-state index >= 15 is 0 Å². The van der Waals surface area contributed by atoms with Crippen LogP contribution in [0.2, 0.25) is 0 Å². The molecule has 6 nitrogen and oxygen atoms in total. The van der Waals surface area contributed by atoms with Gasteiger partial charge in [0.05, 0.1) is 35.7 Å². The Kier molecular flexibility index (Phi) is 5.19. The summed E-state index contributed by atoms with van der Waals surface area (Å²) in [4.78, 5) is 31.8. The van der Waals surface area contributed by atoms with Gasteiger partial charge in [0.1, 0.15) is 0 Å². The van der Waals surface area contributed by atoms with Gasteiger partial charge in [-0.3, -0.25) is 9.97 Å². The third-order valence-electron chi connectivity index (χ3n) is 2.80. The molecule has 0 atom stereocenters. The number of rotatable bonds is 5. The number of carbonyl (C=O) groups excluding carboxylic acids is 2. The number of ether oxygens (including phenoxy) is 2. The zero-order chi connectivity index (χ0) is 15.9. The second-order valence-corrected chi connectivity index (χ2v) is 4.30. The lowest BCUT2D eigenvalue weighted by Gasteiger charge is -2.06. The summed E-state index contributed by atoms with van der Waals surface area (Å²) in [5, 5.41) is 0. The molecule has 0 unspecified atom stereocenters. The van der Waals surface area contributed by atoms with Gasteiger partial charge < -0.3 is 9.47 Å². The summed E-state index contributed by atoms with van der Waals surface area (Å²) in [6, 6.07) is 6.29. The molecule has 2 aromatic rings. The number of pyridine rings is 2. The quantitative estimate of drug-likeness (QED) is 0.789. The molecule has 0 aliphatic heterocycles.